The summed E-state index contributed by atoms with van der Waals surface area (Å²) in [4.78, 5) is -0.510. The summed E-state index contributed by atoms with van der Waals surface area (Å²) in [6.07, 6.45) is 0. The van der Waals surface area contributed by atoms with Crippen LogP contribution in [0.5, 0.6) is 5.75 Å². The number of hydrogen-bond acceptors (Lipinski definition) is 3. The van der Waals surface area contributed by atoms with E-state index in [1.807, 2.05) is 36.4 Å². The maximum absolute atomic E-state index is 11.6. The standard InChI is InChI=1S/C13H12O3P2/c1-16-12-5-3-9-6-11(4-2-10(9)7-12)13(8-14)17-18(13)15/h2-7,14H,8H2,1H3. The fourth-order valence-corrected chi connectivity index (χ4v) is 5.30. The lowest BCUT2D eigenvalue weighted by atomic mass is 10.0. The van der Waals surface area contributed by atoms with Gasteiger partial charge in [-0.2, -0.15) is 0 Å². The van der Waals surface area contributed by atoms with E-state index in [4.69, 9.17) is 4.74 Å². The molecule has 0 saturated carbocycles. The molecule has 0 aliphatic carbocycles. The van der Waals surface area contributed by atoms with Crippen molar-refractivity contribution >= 4 is 25.7 Å². The molecule has 0 aromatic heterocycles. The van der Waals surface area contributed by atoms with Crippen molar-refractivity contribution in [1.29, 1.82) is 0 Å². The van der Waals surface area contributed by atoms with Crippen LogP contribution in [-0.4, -0.2) is 18.8 Å². The van der Waals surface area contributed by atoms with Gasteiger partial charge in [-0.3, -0.25) is 4.57 Å². The number of aliphatic hydroxyl groups excluding tert-OH is 1. The highest BCUT2D eigenvalue weighted by Crippen LogP contribution is 2.71. The highest BCUT2D eigenvalue weighted by Gasteiger charge is 2.46. The van der Waals surface area contributed by atoms with Crippen LogP contribution >= 0.6 is 15.0 Å². The summed E-state index contributed by atoms with van der Waals surface area (Å²) in [5, 5.41) is 11.6. The number of rotatable bonds is 3. The molecule has 0 spiro atoms. The minimum atomic E-state index is -1.31. The first-order chi connectivity index (χ1) is 8.69. The zero-order valence-electron chi connectivity index (χ0n) is 9.83. The highest BCUT2D eigenvalue weighted by molar-refractivity contribution is 8.06. The third-order valence-corrected chi connectivity index (χ3v) is 7.67. The fourth-order valence-electron chi connectivity index (χ4n) is 2.08. The largest absolute Gasteiger partial charge is 0.497 e. The number of hydrogen-bond donors (Lipinski definition) is 1. The zero-order valence-corrected chi connectivity index (χ0v) is 11.6. The minimum Gasteiger partial charge on any atom is -0.497 e. The van der Waals surface area contributed by atoms with E-state index in [1.165, 1.54) is 0 Å². The summed E-state index contributed by atoms with van der Waals surface area (Å²) in [6.45, 7) is -0.0502. The number of methoxy groups -OCH3 is 1. The van der Waals surface area contributed by atoms with E-state index in [9.17, 15) is 9.67 Å². The van der Waals surface area contributed by atoms with Crippen LogP contribution < -0.4 is 4.74 Å². The van der Waals surface area contributed by atoms with Crippen molar-refractivity contribution in [1.82, 2.24) is 0 Å². The van der Waals surface area contributed by atoms with Crippen LogP contribution in [0.25, 0.3) is 10.8 Å². The van der Waals surface area contributed by atoms with E-state index < -0.39 is 12.0 Å². The van der Waals surface area contributed by atoms with Gasteiger partial charge in [0.25, 0.3) is 0 Å². The van der Waals surface area contributed by atoms with Gasteiger partial charge in [0.15, 0.2) is 0 Å². The Bertz CT molecular complexity index is 704. The summed E-state index contributed by atoms with van der Waals surface area (Å²) >= 11 is 0. The Labute approximate surface area is 107 Å². The number of ether oxygens (including phenoxy) is 1. The molecule has 3 rings (SSSR count). The molecular weight excluding hydrogens is 266 g/mol. The zero-order chi connectivity index (χ0) is 12.8. The van der Waals surface area contributed by atoms with Gasteiger partial charge >= 0.3 is 0 Å². The molecule has 5 heteroatoms. The maximum atomic E-state index is 11.6. The van der Waals surface area contributed by atoms with Crippen LogP contribution in [0, 0.1) is 0 Å². The van der Waals surface area contributed by atoms with E-state index in [0.29, 0.717) is 0 Å². The molecule has 0 amide bonds. The van der Waals surface area contributed by atoms with Crippen LogP contribution in [0.2, 0.25) is 0 Å². The molecule has 1 aliphatic rings. The van der Waals surface area contributed by atoms with Crippen LogP contribution in [0.3, 0.4) is 0 Å². The lowest BCUT2D eigenvalue weighted by Gasteiger charge is -2.11. The molecule has 1 heterocycles. The number of aliphatic hydroxyl groups is 1. The van der Waals surface area contributed by atoms with Crippen LogP contribution in [0.4, 0.5) is 0 Å². The van der Waals surface area contributed by atoms with Gasteiger partial charge in [-0.1, -0.05) is 18.2 Å². The first-order valence-electron chi connectivity index (χ1n) is 5.59. The van der Waals surface area contributed by atoms with Crippen molar-refractivity contribution in [2.75, 3.05) is 13.7 Å². The molecule has 0 radical (unpaired) electrons. The second kappa shape index (κ2) is 4.20. The number of benzene rings is 2. The average Bonchev–Trinajstić information content (AvgIpc) is 3.09. The molecule has 2 aromatic rings. The quantitative estimate of drug-likeness (QED) is 0.871. The first-order valence-corrected chi connectivity index (χ1v) is 8.45. The first kappa shape index (κ1) is 11.9. The Morgan fingerprint density at radius 1 is 1.28 bits per heavy atom. The smallest absolute Gasteiger partial charge is 0.144 e. The third-order valence-electron chi connectivity index (χ3n) is 3.26. The molecule has 1 aliphatic heterocycles. The Balaban J connectivity index is 2.10. The predicted molar refractivity (Wildman–Crippen MR) is 73.8 cm³/mol. The maximum Gasteiger partial charge on any atom is 0.144 e. The lowest BCUT2D eigenvalue weighted by Crippen LogP contribution is -2.09. The summed E-state index contributed by atoms with van der Waals surface area (Å²) in [5.41, 5.74) is 0.963. The third kappa shape index (κ3) is 1.71. The van der Waals surface area contributed by atoms with Crippen molar-refractivity contribution in [3.05, 3.63) is 42.0 Å². The van der Waals surface area contributed by atoms with Crippen LogP contribution in [0.15, 0.2) is 36.4 Å². The predicted octanol–water partition coefficient (Wildman–Crippen LogP) is 3.70. The molecule has 18 heavy (non-hydrogen) atoms. The topological polar surface area (TPSA) is 46.5 Å². The normalized spacial score (nSPS) is 24.7. The van der Waals surface area contributed by atoms with E-state index in [2.05, 4.69) is 0 Å². The SMILES string of the molecule is COc1ccc2cc(C3(CO)P=P3=O)ccc2c1. The van der Waals surface area contributed by atoms with Crippen molar-refractivity contribution in [2.24, 2.45) is 0 Å². The monoisotopic (exact) mass is 278 g/mol. The van der Waals surface area contributed by atoms with Gasteiger partial charge < -0.3 is 9.84 Å². The van der Waals surface area contributed by atoms with E-state index >= 15 is 0 Å². The van der Waals surface area contributed by atoms with Gasteiger partial charge in [-0.15, -0.1) is 0 Å². The average molecular weight is 278 g/mol. The summed E-state index contributed by atoms with van der Waals surface area (Å²) < 4.78 is 16.8. The van der Waals surface area contributed by atoms with Gasteiger partial charge in [0.05, 0.1) is 13.7 Å². The minimum absolute atomic E-state index is 0.0502. The van der Waals surface area contributed by atoms with E-state index in [1.54, 1.807) is 7.11 Å². The lowest BCUT2D eigenvalue weighted by molar-refractivity contribution is 0.285. The van der Waals surface area contributed by atoms with Gasteiger partial charge in [0.2, 0.25) is 0 Å². The Kier molecular flexibility index (Phi) is 2.79. The summed E-state index contributed by atoms with van der Waals surface area (Å²) in [7, 11) is 1.18. The van der Waals surface area contributed by atoms with Crippen molar-refractivity contribution in [3.8, 4) is 5.75 Å². The molecule has 2 atom stereocenters. The second-order valence-electron chi connectivity index (χ2n) is 4.28. The Hall–Kier alpha value is -1.14. The van der Waals surface area contributed by atoms with E-state index in [-0.39, 0.29) is 6.61 Å². The number of fused-ring (bicyclic) bond motifs is 1. The summed E-state index contributed by atoms with van der Waals surface area (Å²) in [5.74, 6) is 0.822. The molecule has 0 bridgehead atoms. The highest BCUT2D eigenvalue weighted by atomic mass is 31.8. The van der Waals surface area contributed by atoms with Crippen molar-refractivity contribution in [3.63, 3.8) is 0 Å². The molecule has 3 nitrogen and oxygen atoms in total. The Morgan fingerprint density at radius 3 is 2.56 bits per heavy atom. The van der Waals surface area contributed by atoms with Gasteiger partial charge in [0.1, 0.15) is 17.7 Å². The van der Waals surface area contributed by atoms with E-state index in [0.717, 1.165) is 30.0 Å². The fraction of sp³-hybridized carbons (Fsp3) is 0.231. The molecule has 0 saturated heterocycles. The van der Waals surface area contributed by atoms with Crippen molar-refractivity contribution < 1.29 is 14.4 Å². The van der Waals surface area contributed by atoms with Crippen LogP contribution in [-0.2, 0) is 9.46 Å². The molecule has 0 fully saturated rings. The molecule has 1 N–H and O–H groups in total. The summed E-state index contributed by atoms with van der Waals surface area (Å²) in [6, 6.07) is 11.8. The molecule has 2 unspecified atom stereocenters. The van der Waals surface area contributed by atoms with Gasteiger partial charge in [-0.05, 0) is 42.4 Å². The molecular formula is C13H12O3P2. The second-order valence-corrected chi connectivity index (χ2v) is 8.59. The van der Waals surface area contributed by atoms with Crippen LogP contribution in [0.1, 0.15) is 5.56 Å². The van der Waals surface area contributed by atoms with Gasteiger partial charge in [-0.25, -0.2) is 0 Å². The van der Waals surface area contributed by atoms with Crippen molar-refractivity contribution in [2.45, 2.75) is 4.90 Å². The van der Waals surface area contributed by atoms with Gasteiger partial charge in [0, 0.05) is 0 Å². The molecule has 92 valence electrons. The molecule has 2 aromatic carbocycles. The Morgan fingerprint density at radius 2 is 1.94 bits per heavy atom.